The molecule has 0 spiro atoms. The van der Waals surface area contributed by atoms with Gasteiger partial charge in [0.1, 0.15) is 0 Å². The summed E-state index contributed by atoms with van der Waals surface area (Å²) < 4.78 is 28.0. The molecule has 2 saturated heterocycles. The number of piperidine rings is 1. The summed E-state index contributed by atoms with van der Waals surface area (Å²) in [5, 5.41) is 3.92. The second-order valence-electron chi connectivity index (χ2n) is 6.58. The van der Waals surface area contributed by atoms with Crippen molar-refractivity contribution in [2.75, 3.05) is 24.5 Å². The lowest BCUT2D eigenvalue weighted by Crippen LogP contribution is -2.45. The number of carbonyl (C=O) groups excluding carboxylic acids is 1. The van der Waals surface area contributed by atoms with Gasteiger partial charge in [-0.05, 0) is 25.2 Å². The Labute approximate surface area is 129 Å². The summed E-state index contributed by atoms with van der Waals surface area (Å²) in [5.41, 5.74) is 0.800. The lowest BCUT2D eigenvalue weighted by molar-refractivity contribution is -0.124. The van der Waals surface area contributed by atoms with Crippen LogP contribution in [-0.2, 0) is 21.9 Å². The van der Waals surface area contributed by atoms with Crippen LogP contribution in [0.2, 0.25) is 0 Å². The van der Waals surface area contributed by atoms with Gasteiger partial charge in [0.05, 0.1) is 23.1 Å². The summed E-state index contributed by atoms with van der Waals surface area (Å²) in [6.45, 7) is 1.50. The molecule has 4 rings (SSSR count). The van der Waals surface area contributed by atoms with Crippen molar-refractivity contribution in [1.82, 2.24) is 14.1 Å². The van der Waals surface area contributed by atoms with Gasteiger partial charge in [-0.1, -0.05) is 0 Å². The Morgan fingerprint density at radius 1 is 1.23 bits per heavy atom. The number of carbonyl (C=O) groups is 1. The van der Waals surface area contributed by atoms with Crippen LogP contribution >= 0.6 is 0 Å². The minimum Gasteiger partial charge on any atom is -0.309 e. The van der Waals surface area contributed by atoms with Crippen LogP contribution in [0.5, 0.6) is 0 Å². The average molecular weight is 324 g/mol. The molecule has 3 heterocycles. The van der Waals surface area contributed by atoms with E-state index in [1.807, 2.05) is 13.2 Å². The van der Waals surface area contributed by atoms with Gasteiger partial charge in [0, 0.05) is 32.9 Å². The molecule has 1 saturated carbocycles. The number of aromatic nitrogens is 2. The summed E-state index contributed by atoms with van der Waals surface area (Å²) in [6, 6.07) is 0. The van der Waals surface area contributed by atoms with E-state index < -0.39 is 10.0 Å². The van der Waals surface area contributed by atoms with Crippen LogP contribution in [0.4, 0.5) is 5.69 Å². The Kier molecular flexibility index (Phi) is 3.09. The standard InChI is InChI=1S/C14H20N4O3S/c1-16-8-11(6-15-16)18-5-4-10-7-17(9-13(10)14(18)19)22(20,21)12-2-3-12/h6,8,10,12-13H,2-5,7,9H2,1H3. The van der Waals surface area contributed by atoms with Gasteiger partial charge < -0.3 is 4.90 Å². The summed E-state index contributed by atoms with van der Waals surface area (Å²) >= 11 is 0. The minimum absolute atomic E-state index is 0.0396. The molecule has 0 bridgehead atoms. The van der Waals surface area contributed by atoms with Gasteiger partial charge in [0.2, 0.25) is 15.9 Å². The zero-order valence-corrected chi connectivity index (χ0v) is 13.4. The number of rotatable bonds is 3. The highest BCUT2D eigenvalue weighted by molar-refractivity contribution is 7.90. The van der Waals surface area contributed by atoms with E-state index in [1.165, 1.54) is 0 Å². The fraction of sp³-hybridized carbons (Fsp3) is 0.714. The van der Waals surface area contributed by atoms with E-state index in [0.29, 0.717) is 19.6 Å². The highest BCUT2D eigenvalue weighted by atomic mass is 32.2. The van der Waals surface area contributed by atoms with Gasteiger partial charge in [-0.15, -0.1) is 0 Å². The van der Waals surface area contributed by atoms with Crippen LogP contribution in [-0.4, -0.2) is 53.3 Å². The minimum atomic E-state index is -3.18. The van der Waals surface area contributed by atoms with E-state index >= 15 is 0 Å². The molecule has 1 amide bonds. The van der Waals surface area contributed by atoms with E-state index in [9.17, 15) is 13.2 Å². The quantitative estimate of drug-likeness (QED) is 0.796. The summed E-state index contributed by atoms with van der Waals surface area (Å²) in [5.74, 6) is -0.00539. The normalized spacial score (nSPS) is 29.9. The van der Waals surface area contributed by atoms with Crippen molar-refractivity contribution < 1.29 is 13.2 Å². The van der Waals surface area contributed by atoms with Crippen LogP contribution in [0.3, 0.4) is 0 Å². The van der Waals surface area contributed by atoms with E-state index in [1.54, 1.807) is 20.1 Å². The first-order valence-corrected chi connectivity index (χ1v) is 9.26. The van der Waals surface area contributed by atoms with Crippen molar-refractivity contribution in [2.24, 2.45) is 18.9 Å². The number of hydrogen-bond acceptors (Lipinski definition) is 4. The number of nitrogens with zero attached hydrogens (tertiary/aromatic N) is 4. The Balaban J connectivity index is 1.54. The first-order valence-electron chi connectivity index (χ1n) is 7.76. The van der Waals surface area contributed by atoms with Gasteiger partial charge in [0.25, 0.3) is 0 Å². The third-order valence-corrected chi connectivity index (χ3v) is 7.35. The predicted octanol–water partition coefficient (Wildman–Crippen LogP) is 0.197. The lowest BCUT2D eigenvalue weighted by atomic mass is 9.88. The van der Waals surface area contributed by atoms with Crippen molar-refractivity contribution in [1.29, 1.82) is 0 Å². The molecule has 1 aliphatic carbocycles. The molecule has 8 heteroatoms. The third kappa shape index (κ3) is 2.16. The van der Waals surface area contributed by atoms with E-state index in [0.717, 1.165) is 24.9 Å². The molecule has 2 aliphatic heterocycles. The molecule has 22 heavy (non-hydrogen) atoms. The van der Waals surface area contributed by atoms with Gasteiger partial charge in [0.15, 0.2) is 0 Å². The predicted molar refractivity (Wildman–Crippen MR) is 80.7 cm³/mol. The highest BCUT2D eigenvalue weighted by Gasteiger charge is 2.50. The smallest absolute Gasteiger partial charge is 0.231 e. The number of fused-ring (bicyclic) bond motifs is 1. The second-order valence-corrected chi connectivity index (χ2v) is 8.79. The highest BCUT2D eigenvalue weighted by Crippen LogP contribution is 2.39. The van der Waals surface area contributed by atoms with E-state index in [2.05, 4.69) is 5.10 Å². The molecule has 0 aromatic carbocycles. The fourth-order valence-electron chi connectivity index (χ4n) is 3.60. The maximum Gasteiger partial charge on any atom is 0.231 e. The molecular formula is C14H20N4O3S. The number of anilines is 1. The average Bonchev–Trinajstić information content (AvgIpc) is 3.11. The van der Waals surface area contributed by atoms with Gasteiger partial charge >= 0.3 is 0 Å². The van der Waals surface area contributed by atoms with Crippen molar-refractivity contribution in [3.05, 3.63) is 12.4 Å². The third-order valence-electron chi connectivity index (χ3n) is 5.02. The van der Waals surface area contributed by atoms with E-state index in [-0.39, 0.29) is 23.0 Å². The van der Waals surface area contributed by atoms with E-state index in [4.69, 9.17) is 0 Å². The molecular weight excluding hydrogens is 304 g/mol. The maximum atomic E-state index is 12.7. The molecule has 0 radical (unpaired) electrons. The van der Waals surface area contributed by atoms with Gasteiger partial charge in [-0.2, -0.15) is 5.10 Å². The van der Waals surface area contributed by atoms with Crippen LogP contribution < -0.4 is 4.90 Å². The summed E-state index contributed by atoms with van der Waals surface area (Å²) in [4.78, 5) is 14.5. The van der Waals surface area contributed by atoms with Crippen LogP contribution in [0, 0.1) is 11.8 Å². The van der Waals surface area contributed by atoms with Crippen molar-refractivity contribution in [3.63, 3.8) is 0 Å². The fourth-order valence-corrected chi connectivity index (χ4v) is 5.52. The molecule has 0 N–H and O–H groups in total. The summed E-state index contributed by atoms with van der Waals surface area (Å²) in [6.07, 6.45) is 5.90. The Hall–Kier alpha value is -1.41. The number of sulfonamides is 1. The first-order chi connectivity index (χ1) is 10.5. The van der Waals surface area contributed by atoms with Crippen LogP contribution in [0.15, 0.2) is 12.4 Å². The van der Waals surface area contributed by atoms with Crippen molar-refractivity contribution in [2.45, 2.75) is 24.5 Å². The zero-order chi connectivity index (χ0) is 15.5. The molecule has 7 nitrogen and oxygen atoms in total. The monoisotopic (exact) mass is 324 g/mol. The zero-order valence-electron chi connectivity index (χ0n) is 12.6. The largest absolute Gasteiger partial charge is 0.309 e. The topological polar surface area (TPSA) is 75.5 Å². The second kappa shape index (κ2) is 4.79. The molecule has 1 aromatic rings. The Bertz CT molecular complexity index is 709. The molecule has 2 unspecified atom stereocenters. The number of aryl methyl sites for hydroxylation is 1. The van der Waals surface area contributed by atoms with Crippen molar-refractivity contribution >= 4 is 21.6 Å². The lowest BCUT2D eigenvalue weighted by Gasteiger charge is -2.32. The Morgan fingerprint density at radius 2 is 2.00 bits per heavy atom. The van der Waals surface area contributed by atoms with Crippen LogP contribution in [0.25, 0.3) is 0 Å². The Morgan fingerprint density at radius 3 is 2.64 bits per heavy atom. The molecule has 3 aliphatic rings. The first kappa shape index (κ1) is 14.2. The van der Waals surface area contributed by atoms with Gasteiger partial charge in [-0.3, -0.25) is 9.48 Å². The molecule has 2 atom stereocenters. The number of amides is 1. The van der Waals surface area contributed by atoms with Crippen molar-refractivity contribution in [3.8, 4) is 0 Å². The van der Waals surface area contributed by atoms with Crippen LogP contribution in [0.1, 0.15) is 19.3 Å². The maximum absolute atomic E-state index is 12.7. The number of hydrogen-bond donors (Lipinski definition) is 0. The van der Waals surface area contributed by atoms with Gasteiger partial charge in [-0.25, -0.2) is 12.7 Å². The molecule has 3 fully saturated rings. The summed E-state index contributed by atoms with van der Waals surface area (Å²) in [7, 11) is -1.36. The molecule has 1 aromatic heterocycles. The molecule has 120 valence electrons. The SMILES string of the molecule is Cn1cc(N2CCC3CN(S(=O)(=O)C4CC4)CC3C2=O)cn1.